The second-order valence-electron chi connectivity index (χ2n) is 6.78. The van der Waals surface area contributed by atoms with Gasteiger partial charge in [-0.1, -0.05) is 12.1 Å². The highest BCUT2D eigenvalue weighted by Gasteiger charge is 2.42. The van der Waals surface area contributed by atoms with Crippen molar-refractivity contribution in [1.29, 1.82) is 0 Å². The van der Waals surface area contributed by atoms with E-state index in [1.807, 2.05) is 0 Å². The van der Waals surface area contributed by atoms with Gasteiger partial charge in [0.25, 0.3) is 5.91 Å². The number of nitrogens with zero attached hydrogens (tertiary/aromatic N) is 2. The number of halogens is 3. The van der Waals surface area contributed by atoms with Gasteiger partial charge in [0, 0.05) is 24.0 Å². The zero-order valence-corrected chi connectivity index (χ0v) is 15.0. The van der Waals surface area contributed by atoms with Gasteiger partial charge in [-0.25, -0.2) is 10.3 Å². The molecule has 1 aliphatic rings. The number of hydrogen-bond acceptors (Lipinski definition) is 4. The molecule has 0 saturated carbocycles. The molecule has 0 atom stereocenters. The number of rotatable bonds is 2. The largest absolute Gasteiger partial charge is 0.433 e. The lowest BCUT2D eigenvalue weighted by Crippen LogP contribution is -2.42. The third-order valence-electron chi connectivity index (χ3n) is 4.72. The lowest BCUT2D eigenvalue weighted by atomic mass is 9.91. The molecule has 1 aromatic carbocycles. The van der Waals surface area contributed by atoms with Crippen LogP contribution >= 0.6 is 0 Å². The van der Waals surface area contributed by atoms with Gasteiger partial charge in [-0.15, -0.1) is 0 Å². The molecule has 0 spiro atoms. The second kappa shape index (κ2) is 6.79. The van der Waals surface area contributed by atoms with Gasteiger partial charge in [-0.05, 0) is 43.2 Å². The molecule has 10 heteroatoms. The number of benzene rings is 1. The van der Waals surface area contributed by atoms with Crippen molar-refractivity contribution in [1.82, 2.24) is 15.4 Å². The van der Waals surface area contributed by atoms with Crippen LogP contribution in [0.2, 0.25) is 0 Å². The summed E-state index contributed by atoms with van der Waals surface area (Å²) >= 11 is 0. The summed E-state index contributed by atoms with van der Waals surface area (Å²) in [6.45, 7) is 3.56. The van der Waals surface area contributed by atoms with Gasteiger partial charge in [0.2, 0.25) is 0 Å². The van der Waals surface area contributed by atoms with Crippen molar-refractivity contribution in [3.05, 3.63) is 58.9 Å². The number of amides is 3. The highest BCUT2D eigenvalue weighted by atomic mass is 19.4. The number of hydrogen-bond donors (Lipinski definition) is 3. The van der Waals surface area contributed by atoms with E-state index in [0.29, 0.717) is 11.1 Å². The number of anilines is 1. The molecule has 28 heavy (non-hydrogen) atoms. The van der Waals surface area contributed by atoms with Crippen molar-refractivity contribution in [2.24, 2.45) is 0 Å². The van der Waals surface area contributed by atoms with E-state index in [2.05, 4.69) is 10.3 Å². The van der Waals surface area contributed by atoms with Crippen molar-refractivity contribution < 1.29 is 28.0 Å². The van der Waals surface area contributed by atoms with Crippen LogP contribution in [0.3, 0.4) is 0 Å². The molecule has 1 aliphatic heterocycles. The van der Waals surface area contributed by atoms with Crippen LogP contribution < -0.4 is 10.8 Å². The molecule has 2 aromatic rings. The number of pyridine rings is 1. The summed E-state index contributed by atoms with van der Waals surface area (Å²) in [5, 5.41) is 11.4. The second-order valence-corrected chi connectivity index (χ2v) is 6.78. The molecule has 0 saturated heterocycles. The van der Waals surface area contributed by atoms with E-state index < -0.39 is 29.3 Å². The Bertz CT molecular complexity index is 944. The Morgan fingerprint density at radius 3 is 2.61 bits per heavy atom. The molecule has 2 heterocycles. The average Bonchev–Trinajstić information content (AvgIpc) is 2.92. The number of fused-ring (bicyclic) bond motifs is 1. The Morgan fingerprint density at radius 1 is 1.25 bits per heavy atom. The maximum Gasteiger partial charge on any atom is 0.433 e. The minimum atomic E-state index is -4.63. The lowest BCUT2D eigenvalue weighted by Gasteiger charge is -2.32. The van der Waals surface area contributed by atoms with Gasteiger partial charge in [0.15, 0.2) is 0 Å². The summed E-state index contributed by atoms with van der Waals surface area (Å²) in [7, 11) is 0. The number of aromatic nitrogens is 1. The minimum Gasteiger partial charge on any atom is -0.311 e. The first-order valence-electron chi connectivity index (χ1n) is 8.24. The Hall–Kier alpha value is -3.14. The van der Waals surface area contributed by atoms with Crippen LogP contribution in [-0.4, -0.2) is 27.0 Å². The number of nitrogens with one attached hydrogen (secondary N) is 2. The van der Waals surface area contributed by atoms with Crippen molar-refractivity contribution in [3.8, 4) is 0 Å². The molecule has 148 valence electrons. The number of urea groups is 1. The highest BCUT2D eigenvalue weighted by molar-refractivity contribution is 5.96. The van der Waals surface area contributed by atoms with Crippen LogP contribution in [0.25, 0.3) is 0 Å². The quantitative estimate of drug-likeness (QED) is 0.537. The monoisotopic (exact) mass is 394 g/mol. The fourth-order valence-electron chi connectivity index (χ4n) is 3.28. The molecule has 3 amide bonds. The Labute approximate surface area is 158 Å². The molecule has 1 aromatic heterocycles. The van der Waals surface area contributed by atoms with Gasteiger partial charge in [0.1, 0.15) is 5.69 Å². The van der Waals surface area contributed by atoms with Gasteiger partial charge >= 0.3 is 12.2 Å². The fraction of sp³-hybridized carbons (Fsp3) is 0.278. The van der Waals surface area contributed by atoms with Crippen LogP contribution in [0.5, 0.6) is 0 Å². The third-order valence-corrected chi connectivity index (χ3v) is 4.72. The van der Waals surface area contributed by atoms with Crippen molar-refractivity contribution in [3.63, 3.8) is 0 Å². The summed E-state index contributed by atoms with van der Waals surface area (Å²) in [5.41, 5.74) is 1.05. The number of carbonyl (C=O) groups is 2. The number of carbonyl (C=O) groups excluding carboxylic acids is 2. The molecule has 0 aliphatic carbocycles. The topological polar surface area (TPSA) is 94.6 Å². The van der Waals surface area contributed by atoms with E-state index in [1.165, 1.54) is 17.0 Å². The lowest BCUT2D eigenvalue weighted by molar-refractivity contribution is -0.141. The van der Waals surface area contributed by atoms with E-state index in [9.17, 15) is 22.8 Å². The van der Waals surface area contributed by atoms with Gasteiger partial charge < -0.3 is 10.2 Å². The predicted octanol–water partition coefficient (Wildman–Crippen LogP) is 3.50. The number of hydroxylamine groups is 1. The van der Waals surface area contributed by atoms with E-state index in [4.69, 9.17) is 5.21 Å². The van der Waals surface area contributed by atoms with E-state index in [1.54, 1.807) is 31.5 Å². The smallest absolute Gasteiger partial charge is 0.311 e. The summed E-state index contributed by atoms with van der Waals surface area (Å²) in [6, 6.07) is 6.28. The molecule has 0 radical (unpaired) electrons. The minimum absolute atomic E-state index is 0.0487. The molecule has 0 unspecified atom stereocenters. The van der Waals surface area contributed by atoms with Crippen LogP contribution in [0, 0.1) is 0 Å². The first-order valence-corrected chi connectivity index (χ1v) is 8.24. The highest BCUT2D eigenvalue weighted by Crippen LogP contribution is 2.40. The SMILES string of the molecule is CC1(C)c2cccc(C(=O)NO)c2CN1C(=O)Nc1ccnc(C(F)(F)F)c1. The molecule has 7 nitrogen and oxygen atoms in total. The maximum atomic E-state index is 12.8. The van der Waals surface area contributed by atoms with Crippen molar-refractivity contribution >= 4 is 17.6 Å². The Kier molecular flexibility index (Phi) is 4.76. The van der Waals surface area contributed by atoms with Crippen molar-refractivity contribution in [2.45, 2.75) is 32.1 Å². The molecule has 0 bridgehead atoms. The third kappa shape index (κ3) is 3.38. The predicted molar refractivity (Wildman–Crippen MR) is 92.5 cm³/mol. The summed E-state index contributed by atoms with van der Waals surface area (Å²) in [6.07, 6.45) is -3.66. The zero-order chi connectivity index (χ0) is 20.7. The van der Waals surface area contributed by atoms with E-state index >= 15 is 0 Å². The summed E-state index contributed by atoms with van der Waals surface area (Å²) < 4.78 is 38.5. The summed E-state index contributed by atoms with van der Waals surface area (Å²) in [5.74, 6) is -0.709. The first-order chi connectivity index (χ1) is 13.1. The van der Waals surface area contributed by atoms with Crippen LogP contribution in [0.4, 0.5) is 23.7 Å². The van der Waals surface area contributed by atoms with Crippen LogP contribution in [-0.2, 0) is 18.3 Å². The maximum absolute atomic E-state index is 12.8. The first kappa shape index (κ1) is 19.6. The van der Waals surface area contributed by atoms with Gasteiger partial charge in [-0.2, -0.15) is 13.2 Å². The number of alkyl halides is 3. The molecule has 3 rings (SSSR count). The van der Waals surface area contributed by atoms with Crippen LogP contribution in [0.1, 0.15) is 41.0 Å². The normalized spacial score (nSPS) is 15.1. The molecular formula is C18H17F3N4O3. The summed E-state index contributed by atoms with van der Waals surface area (Å²) in [4.78, 5) is 29.3. The Morgan fingerprint density at radius 2 is 1.96 bits per heavy atom. The molecule has 0 fully saturated rings. The van der Waals surface area contributed by atoms with E-state index in [-0.39, 0.29) is 17.8 Å². The standard InChI is InChI=1S/C18H17F3N4O3/c1-17(2)13-5-3-4-11(15(26)24-28)12(13)9-25(17)16(27)23-10-6-7-22-14(8-10)18(19,20)21/h3-8,28H,9H2,1-2H3,(H,24,26)(H,22,23,27). The van der Waals surface area contributed by atoms with Gasteiger partial charge in [0.05, 0.1) is 5.54 Å². The zero-order valence-electron chi connectivity index (χ0n) is 15.0. The van der Waals surface area contributed by atoms with Crippen LogP contribution in [0.15, 0.2) is 36.5 Å². The molecule has 3 N–H and O–H groups in total. The Balaban J connectivity index is 1.89. The van der Waals surface area contributed by atoms with E-state index in [0.717, 1.165) is 12.3 Å². The molecular weight excluding hydrogens is 377 g/mol. The van der Waals surface area contributed by atoms with Gasteiger partial charge in [-0.3, -0.25) is 15.0 Å². The average molecular weight is 394 g/mol. The fourth-order valence-corrected chi connectivity index (χ4v) is 3.28. The van der Waals surface area contributed by atoms with Crippen molar-refractivity contribution in [2.75, 3.05) is 5.32 Å².